The molecule has 2 nitrogen and oxygen atoms in total. The minimum absolute atomic E-state index is 0.607. The summed E-state index contributed by atoms with van der Waals surface area (Å²) in [5.41, 5.74) is 0.607. The molecule has 0 N–H and O–H groups in total. The molecule has 16 heavy (non-hydrogen) atoms. The van der Waals surface area contributed by atoms with Crippen LogP contribution in [-0.4, -0.2) is 11.3 Å². The number of aromatic nitrogens is 1. The first-order valence-electron chi connectivity index (χ1n) is 6.24. The van der Waals surface area contributed by atoms with E-state index in [2.05, 4.69) is 11.9 Å². The molecule has 1 fully saturated rings. The van der Waals surface area contributed by atoms with E-state index in [9.17, 15) is 4.79 Å². The van der Waals surface area contributed by atoms with Crippen LogP contribution in [0.25, 0.3) is 0 Å². The lowest BCUT2D eigenvalue weighted by Crippen LogP contribution is -2.13. The molecule has 1 aliphatic carbocycles. The van der Waals surface area contributed by atoms with Crippen LogP contribution in [0.2, 0.25) is 0 Å². The molecular formula is C13H19NOS. The lowest BCUT2D eigenvalue weighted by molar-refractivity contribution is 0.111. The highest BCUT2D eigenvalue weighted by molar-refractivity contribution is 7.09. The van der Waals surface area contributed by atoms with Crippen molar-refractivity contribution in [1.82, 2.24) is 4.98 Å². The van der Waals surface area contributed by atoms with Gasteiger partial charge in [0, 0.05) is 11.3 Å². The third kappa shape index (κ3) is 2.70. The quantitative estimate of drug-likeness (QED) is 0.740. The van der Waals surface area contributed by atoms with Gasteiger partial charge in [-0.3, -0.25) is 4.79 Å². The van der Waals surface area contributed by atoms with Crippen molar-refractivity contribution >= 4 is 17.6 Å². The molecule has 0 unspecified atom stereocenters. The summed E-state index contributed by atoms with van der Waals surface area (Å²) in [7, 11) is 0. The first-order valence-corrected chi connectivity index (χ1v) is 7.12. The van der Waals surface area contributed by atoms with Crippen LogP contribution in [0.4, 0.5) is 0 Å². The Morgan fingerprint density at radius 1 is 1.44 bits per heavy atom. The van der Waals surface area contributed by atoms with E-state index in [0.717, 1.165) is 12.2 Å². The molecule has 0 aliphatic heterocycles. The van der Waals surface area contributed by atoms with Crippen molar-refractivity contribution in [3.05, 3.63) is 16.1 Å². The summed E-state index contributed by atoms with van der Waals surface area (Å²) in [6.07, 6.45) is 8.74. The van der Waals surface area contributed by atoms with Crippen LogP contribution in [0.15, 0.2) is 5.38 Å². The Kier molecular flexibility index (Phi) is 4.10. The van der Waals surface area contributed by atoms with Crippen LogP contribution >= 0.6 is 11.3 Å². The van der Waals surface area contributed by atoms with Gasteiger partial charge in [0.25, 0.3) is 0 Å². The summed E-state index contributed by atoms with van der Waals surface area (Å²) in [6, 6.07) is 0. The molecule has 0 atom stereocenters. The van der Waals surface area contributed by atoms with Crippen LogP contribution in [0.5, 0.6) is 0 Å². The van der Waals surface area contributed by atoms with E-state index in [-0.39, 0.29) is 0 Å². The van der Waals surface area contributed by atoms with Gasteiger partial charge >= 0.3 is 0 Å². The SMILES string of the molecule is CCCC1CCC(c2nc(C=O)cs2)CC1. The molecule has 1 saturated carbocycles. The van der Waals surface area contributed by atoms with Crippen molar-refractivity contribution in [2.45, 2.75) is 51.4 Å². The molecule has 0 bridgehead atoms. The fraction of sp³-hybridized carbons (Fsp3) is 0.692. The maximum absolute atomic E-state index is 10.6. The Morgan fingerprint density at radius 2 is 2.19 bits per heavy atom. The highest BCUT2D eigenvalue weighted by atomic mass is 32.1. The maximum atomic E-state index is 10.6. The van der Waals surface area contributed by atoms with Crippen LogP contribution < -0.4 is 0 Å². The van der Waals surface area contributed by atoms with E-state index >= 15 is 0 Å². The maximum Gasteiger partial charge on any atom is 0.169 e. The first kappa shape index (κ1) is 11.8. The Bertz CT molecular complexity index is 339. The van der Waals surface area contributed by atoms with Gasteiger partial charge in [0.15, 0.2) is 6.29 Å². The van der Waals surface area contributed by atoms with Gasteiger partial charge in [0.2, 0.25) is 0 Å². The molecule has 88 valence electrons. The van der Waals surface area contributed by atoms with Crippen LogP contribution in [0, 0.1) is 5.92 Å². The summed E-state index contributed by atoms with van der Waals surface area (Å²) in [5.74, 6) is 1.55. The third-order valence-electron chi connectivity index (χ3n) is 3.55. The monoisotopic (exact) mass is 237 g/mol. The van der Waals surface area contributed by atoms with Crippen molar-refractivity contribution in [2.24, 2.45) is 5.92 Å². The Morgan fingerprint density at radius 3 is 2.75 bits per heavy atom. The zero-order valence-corrected chi connectivity index (χ0v) is 10.6. The second-order valence-corrected chi connectivity index (χ2v) is 5.62. The van der Waals surface area contributed by atoms with Gasteiger partial charge in [-0.25, -0.2) is 4.98 Å². The molecule has 3 heteroatoms. The average molecular weight is 237 g/mol. The van der Waals surface area contributed by atoms with E-state index < -0.39 is 0 Å². The number of hydrogen-bond acceptors (Lipinski definition) is 3. The number of carbonyl (C=O) groups is 1. The molecular weight excluding hydrogens is 218 g/mol. The molecule has 0 amide bonds. The standard InChI is InChI=1S/C13H19NOS/c1-2-3-10-4-6-11(7-5-10)13-14-12(8-15)9-16-13/h8-11H,2-7H2,1H3. The third-order valence-corrected chi connectivity index (χ3v) is 4.58. The molecule has 0 radical (unpaired) electrons. The van der Waals surface area contributed by atoms with Gasteiger partial charge in [-0.05, 0) is 31.6 Å². The minimum atomic E-state index is 0.607. The summed E-state index contributed by atoms with van der Waals surface area (Å²) in [6.45, 7) is 2.27. The fourth-order valence-corrected chi connectivity index (χ4v) is 3.58. The smallest absolute Gasteiger partial charge is 0.169 e. The van der Waals surface area contributed by atoms with Crippen molar-refractivity contribution in [2.75, 3.05) is 0 Å². The fourth-order valence-electron chi connectivity index (χ4n) is 2.65. The van der Waals surface area contributed by atoms with Gasteiger partial charge in [0.05, 0.1) is 5.01 Å². The molecule has 1 aliphatic rings. The Labute approximate surface area is 101 Å². The molecule has 1 aromatic rings. The first-order chi connectivity index (χ1) is 7.83. The van der Waals surface area contributed by atoms with Gasteiger partial charge in [-0.1, -0.05) is 19.8 Å². The van der Waals surface area contributed by atoms with Crippen molar-refractivity contribution in [1.29, 1.82) is 0 Å². The number of aldehydes is 1. The number of hydrogen-bond donors (Lipinski definition) is 0. The minimum Gasteiger partial charge on any atom is -0.296 e. The van der Waals surface area contributed by atoms with Crippen LogP contribution in [0.1, 0.15) is 66.9 Å². The average Bonchev–Trinajstić information content (AvgIpc) is 2.79. The number of rotatable bonds is 4. The molecule has 0 spiro atoms. The highest BCUT2D eigenvalue weighted by Crippen LogP contribution is 2.38. The van der Waals surface area contributed by atoms with Gasteiger partial charge in [-0.2, -0.15) is 0 Å². The van der Waals surface area contributed by atoms with Crippen molar-refractivity contribution in [3.8, 4) is 0 Å². The predicted molar refractivity (Wildman–Crippen MR) is 67.1 cm³/mol. The molecule has 0 saturated heterocycles. The van der Waals surface area contributed by atoms with Crippen LogP contribution in [0.3, 0.4) is 0 Å². The number of nitrogens with zero attached hydrogens (tertiary/aromatic N) is 1. The van der Waals surface area contributed by atoms with E-state index in [1.807, 2.05) is 5.38 Å². The van der Waals surface area contributed by atoms with Gasteiger partial charge in [-0.15, -0.1) is 11.3 Å². The van der Waals surface area contributed by atoms with Crippen molar-refractivity contribution in [3.63, 3.8) is 0 Å². The van der Waals surface area contributed by atoms with E-state index in [1.54, 1.807) is 11.3 Å². The van der Waals surface area contributed by atoms with Crippen LogP contribution in [-0.2, 0) is 0 Å². The normalized spacial score (nSPS) is 25.6. The number of carbonyl (C=O) groups excluding carboxylic acids is 1. The molecule has 1 aromatic heterocycles. The Hall–Kier alpha value is -0.700. The lowest BCUT2D eigenvalue weighted by atomic mass is 9.80. The summed E-state index contributed by atoms with van der Waals surface area (Å²) in [5, 5.41) is 3.05. The Balaban J connectivity index is 1.91. The zero-order valence-electron chi connectivity index (χ0n) is 9.82. The van der Waals surface area contributed by atoms with Gasteiger partial charge < -0.3 is 0 Å². The van der Waals surface area contributed by atoms with Gasteiger partial charge in [0.1, 0.15) is 5.69 Å². The molecule has 2 rings (SSSR count). The largest absolute Gasteiger partial charge is 0.296 e. The second-order valence-electron chi connectivity index (χ2n) is 4.73. The zero-order chi connectivity index (χ0) is 11.4. The van der Waals surface area contributed by atoms with E-state index in [4.69, 9.17) is 0 Å². The predicted octanol–water partition coefficient (Wildman–Crippen LogP) is 4.03. The summed E-state index contributed by atoms with van der Waals surface area (Å²) < 4.78 is 0. The highest BCUT2D eigenvalue weighted by Gasteiger charge is 2.23. The second kappa shape index (κ2) is 5.58. The van der Waals surface area contributed by atoms with E-state index in [1.165, 1.54) is 43.5 Å². The number of thiazole rings is 1. The lowest BCUT2D eigenvalue weighted by Gasteiger charge is -2.26. The van der Waals surface area contributed by atoms with Crippen molar-refractivity contribution < 1.29 is 4.79 Å². The molecule has 1 heterocycles. The summed E-state index contributed by atoms with van der Waals surface area (Å²) >= 11 is 1.65. The van der Waals surface area contributed by atoms with E-state index in [0.29, 0.717) is 11.6 Å². The topological polar surface area (TPSA) is 30.0 Å². The summed E-state index contributed by atoms with van der Waals surface area (Å²) in [4.78, 5) is 15.0. The molecule has 0 aromatic carbocycles.